The molecule has 3 nitrogen and oxygen atoms in total. The molecule has 0 radical (unpaired) electrons. The number of aromatic nitrogens is 2. The van der Waals surface area contributed by atoms with Gasteiger partial charge in [0, 0.05) is 4.88 Å². The summed E-state index contributed by atoms with van der Waals surface area (Å²) in [7, 11) is 1.66. The molecular weight excluding hydrogens is 292 g/mol. The van der Waals surface area contributed by atoms with Crippen LogP contribution in [0.15, 0.2) is 24.3 Å². The first kappa shape index (κ1) is 13.3. The van der Waals surface area contributed by atoms with Crippen LogP contribution >= 0.6 is 22.9 Å². The summed E-state index contributed by atoms with van der Waals surface area (Å²) in [5.41, 5.74) is 2.26. The zero-order chi connectivity index (χ0) is 14.3. The van der Waals surface area contributed by atoms with Crippen molar-refractivity contribution < 1.29 is 4.74 Å². The second-order valence-corrected chi connectivity index (χ2v) is 5.88. The van der Waals surface area contributed by atoms with Gasteiger partial charge in [-0.1, -0.05) is 11.6 Å². The minimum Gasteiger partial charge on any atom is -0.497 e. The molecule has 2 aromatic heterocycles. The van der Waals surface area contributed by atoms with E-state index in [2.05, 4.69) is 16.9 Å². The Hall–Kier alpha value is -1.65. The third-order valence-electron chi connectivity index (χ3n) is 3.21. The van der Waals surface area contributed by atoms with Crippen molar-refractivity contribution in [1.29, 1.82) is 0 Å². The van der Waals surface area contributed by atoms with Gasteiger partial charge in [0.15, 0.2) is 0 Å². The van der Waals surface area contributed by atoms with E-state index in [1.165, 1.54) is 4.88 Å². The smallest absolute Gasteiger partial charge is 0.141 e. The van der Waals surface area contributed by atoms with Crippen molar-refractivity contribution in [3.63, 3.8) is 0 Å². The Morgan fingerprint density at radius 1 is 1.10 bits per heavy atom. The van der Waals surface area contributed by atoms with E-state index in [0.717, 1.165) is 27.1 Å². The Bertz CT molecular complexity index is 781. The molecule has 0 saturated heterocycles. The van der Waals surface area contributed by atoms with Gasteiger partial charge in [-0.2, -0.15) is 0 Å². The largest absolute Gasteiger partial charge is 0.497 e. The van der Waals surface area contributed by atoms with Crippen LogP contribution in [0.1, 0.15) is 11.4 Å². The lowest BCUT2D eigenvalue weighted by atomic mass is 10.1. The van der Waals surface area contributed by atoms with Crippen LogP contribution in [0.25, 0.3) is 20.7 Å². The van der Waals surface area contributed by atoms with Crippen LogP contribution in [-0.2, 0) is 0 Å². The summed E-state index contributed by atoms with van der Waals surface area (Å²) in [5.74, 6) is 1.55. The number of fused-ring (bicyclic) bond motifs is 1. The van der Waals surface area contributed by atoms with Gasteiger partial charge in [-0.05, 0) is 49.2 Å². The average Bonchev–Trinajstić information content (AvgIpc) is 2.76. The monoisotopic (exact) mass is 304 g/mol. The van der Waals surface area contributed by atoms with Crippen molar-refractivity contribution in [3.8, 4) is 16.2 Å². The van der Waals surface area contributed by atoms with Crippen LogP contribution < -0.4 is 4.74 Å². The lowest BCUT2D eigenvalue weighted by Gasteiger charge is -2.02. The van der Waals surface area contributed by atoms with Gasteiger partial charge in [0.25, 0.3) is 0 Å². The highest BCUT2D eigenvalue weighted by Crippen LogP contribution is 2.39. The number of hydrogen-bond acceptors (Lipinski definition) is 4. The molecule has 3 rings (SSSR count). The molecule has 0 aliphatic carbocycles. The topological polar surface area (TPSA) is 35.0 Å². The number of hydrogen-bond donors (Lipinski definition) is 0. The molecule has 0 amide bonds. The molecule has 20 heavy (non-hydrogen) atoms. The molecule has 5 heteroatoms. The van der Waals surface area contributed by atoms with E-state index in [1.54, 1.807) is 18.4 Å². The lowest BCUT2D eigenvalue weighted by molar-refractivity contribution is 0.415. The molecule has 102 valence electrons. The van der Waals surface area contributed by atoms with Gasteiger partial charge < -0.3 is 4.74 Å². The van der Waals surface area contributed by atoms with Crippen LogP contribution in [0.5, 0.6) is 5.75 Å². The molecule has 2 heterocycles. The first-order valence-corrected chi connectivity index (χ1v) is 7.37. The van der Waals surface area contributed by atoms with Gasteiger partial charge in [-0.15, -0.1) is 11.3 Å². The maximum absolute atomic E-state index is 6.25. The average molecular weight is 305 g/mol. The number of thiophene rings is 1. The number of nitrogens with zero attached hydrogens (tertiary/aromatic N) is 2. The number of aryl methyl sites for hydroxylation is 2. The number of rotatable bonds is 2. The zero-order valence-electron chi connectivity index (χ0n) is 11.4. The van der Waals surface area contributed by atoms with Crippen molar-refractivity contribution in [3.05, 3.63) is 40.8 Å². The van der Waals surface area contributed by atoms with Gasteiger partial charge in [0.1, 0.15) is 21.6 Å². The van der Waals surface area contributed by atoms with E-state index in [0.29, 0.717) is 11.0 Å². The molecule has 0 N–H and O–H groups in total. The molecule has 0 saturated carbocycles. The van der Waals surface area contributed by atoms with Crippen LogP contribution in [0.4, 0.5) is 0 Å². The second-order valence-electron chi connectivity index (χ2n) is 4.53. The number of benzene rings is 1. The van der Waals surface area contributed by atoms with E-state index < -0.39 is 0 Å². The molecule has 0 spiro atoms. The Labute approximate surface area is 126 Å². The first-order chi connectivity index (χ1) is 9.60. The van der Waals surface area contributed by atoms with Crippen molar-refractivity contribution in [2.75, 3.05) is 7.11 Å². The molecule has 0 unspecified atom stereocenters. The zero-order valence-corrected chi connectivity index (χ0v) is 13.0. The summed E-state index contributed by atoms with van der Waals surface area (Å²) in [6.07, 6.45) is 0. The first-order valence-electron chi connectivity index (χ1n) is 6.18. The van der Waals surface area contributed by atoms with E-state index in [4.69, 9.17) is 16.3 Å². The normalized spacial score (nSPS) is 11.0. The summed E-state index contributed by atoms with van der Waals surface area (Å²) >= 11 is 7.89. The Balaban J connectivity index is 2.20. The summed E-state index contributed by atoms with van der Waals surface area (Å²) < 4.78 is 5.19. The van der Waals surface area contributed by atoms with E-state index in [9.17, 15) is 0 Å². The predicted octanol–water partition coefficient (Wildman–Crippen LogP) is 4.64. The van der Waals surface area contributed by atoms with E-state index in [-0.39, 0.29) is 0 Å². The van der Waals surface area contributed by atoms with Gasteiger partial charge in [-0.25, -0.2) is 9.97 Å². The predicted molar refractivity (Wildman–Crippen MR) is 83.9 cm³/mol. The quantitative estimate of drug-likeness (QED) is 0.647. The van der Waals surface area contributed by atoms with Crippen LogP contribution in [0, 0.1) is 13.8 Å². The molecule has 0 bridgehead atoms. The summed E-state index contributed by atoms with van der Waals surface area (Å²) in [6, 6.07) is 8.00. The molecular formula is C15H13ClN2OS. The Kier molecular flexibility index (Phi) is 3.36. The highest BCUT2D eigenvalue weighted by molar-refractivity contribution is 7.22. The van der Waals surface area contributed by atoms with Crippen molar-refractivity contribution >= 4 is 33.2 Å². The second kappa shape index (κ2) is 5.04. The van der Waals surface area contributed by atoms with Crippen LogP contribution in [0.2, 0.25) is 5.15 Å². The standard InChI is InChI=1S/C15H13ClN2OS/c1-8-12-14(16)17-9(2)18-15(12)20-13(8)10-4-6-11(19-3)7-5-10/h4-7H,1-3H3. The van der Waals surface area contributed by atoms with Gasteiger partial charge in [0.2, 0.25) is 0 Å². The molecule has 1 aromatic carbocycles. The lowest BCUT2D eigenvalue weighted by Crippen LogP contribution is -1.87. The SMILES string of the molecule is COc1ccc(-c2sc3nc(C)nc(Cl)c3c2C)cc1. The molecule has 0 atom stereocenters. The number of methoxy groups -OCH3 is 1. The van der Waals surface area contributed by atoms with E-state index in [1.807, 2.05) is 31.2 Å². The highest BCUT2D eigenvalue weighted by Gasteiger charge is 2.15. The highest BCUT2D eigenvalue weighted by atomic mass is 35.5. The molecule has 0 aliphatic rings. The Morgan fingerprint density at radius 3 is 2.45 bits per heavy atom. The number of halogens is 1. The fourth-order valence-electron chi connectivity index (χ4n) is 2.21. The Morgan fingerprint density at radius 2 is 1.80 bits per heavy atom. The van der Waals surface area contributed by atoms with Crippen molar-refractivity contribution in [2.24, 2.45) is 0 Å². The molecule has 3 aromatic rings. The van der Waals surface area contributed by atoms with Gasteiger partial charge in [0.05, 0.1) is 12.5 Å². The maximum Gasteiger partial charge on any atom is 0.141 e. The fraction of sp³-hybridized carbons (Fsp3) is 0.200. The van der Waals surface area contributed by atoms with E-state index >= 15 is 0 Å². The van der Waals surface area contributed by atoms with Crippen molar-refractivity contribution in [2.45, 2.75) is 13.8 Å². The summed E-state index contributed by atoms with van der Waals surface area (Å²) in [5, 5.41) is 1.48. The van der Waals surface area contributed by atoms with Crippen LogP contribution in [0.3, 0.4) is 0 Å². The third kappa shape index (κ3) is 2.15. The summed E-state index contributed by atoms with van der Waals surface area (Å²) in [4.78, 5) is 10.8. The van der Waals surface area contributed by atoms with Gasteiger partial charge >= 0.3 is 0 Å². The van der Waals surface area contributed by atoms with Gasteiger partial charge in [-0.3, -0.25) is 0 Å². The van der Waals surface area contributed by atoms with Crippen molar-refractivity contribution in [1.82, 2.24) is 9.97 Å². The van der Waals surface area contributed by atoms with Crippen LogP contribution in [-0.4, -0.2) is 17.1 Å². The minimum atomic E-state index is 0.529. The minimum absolute atomic E-state index is 0.529. The molecule has 0 aliphatic heterocycles. The number of ether oxygens (including phenoxy) is 1. The third-order valence-corrected chi connectivity index (χ3v) is 4.72. The summed E-state index contributed by atoms with van der Waals surface area (Å²) in [6.45, 7) is 3.91. The molecule has 0 fully saturated rings. The fourth-order valence-corrected chi connectivity index (χ4v) is 3.85. The maximum atomic E-state index is 6.25.